The highest BCUT2D eigenvalue weighted by molar-refractivity contribution is 5.77. The van der Waals surface area contributed by atoms with Crippen molar-refractivity contribution in [2.24, 2.45) is 23.7 Å². The van der Waals surface area contributed by atoms with E-state index in [1.165, 1.54) is 0 Å². The van der Waals surface area contributed by atoms with E-state index < -0.39 is 11.9 Å². The van der Waals surface area contributed by atoms with Crippen LogP contribution in [-0.2, 0) is 4.79 Å². The molecule has 20 heavy (non-hydrogen) atoms. The van der Waals surface area contributed by atoms with Crippen molar-refractivity contribution in [1.82, 2.24) is 9.80 Å². The zero-order valence-corrected chi connectivity index (χ0v) is 12.7. The fraction of sp³-hybridized carbons (Fsp3) is 0.867. The molecule has 0 radical (unpaired) electrons. The first-order valence-corrected chi connectivity index (χ1v) is 7.66. The molecular formula is C15H26N2O3. The number of amides is 2. The van der Waals surface area contributed by atoms with E-state index in [2.05, 4.69) is 13.8 Å². The van der Waals surface area contributed by atoms with E-state index in [1.807, 2.05) is 11.8 Å². The molecule has 2 fully saturated rings. The topological polar surface area (TPSA) is 60.9 Å². The Hall–Kier alpha value is -1.26. The van der Waals surface area contributed by atoms with Crippen LogP contribution < -0.4 is 0 Å². The van der Waals surface area contributed by atoms with Crippen molar-refractivity contribution in [3.05, 3.63) is 0 Å². The van der Waals surface area contributed by atoms with Crippen LogP contribution in [0.2, 0.25) is 0 Å². The molecule has 2 atom stereocenters. The number of nitrogens with zero attached hydrogens (tertiary/aromatic N) is 2. The predicted octanol–water partition coefficient (Wildman–Crippen LogP) is 2.13. The summed E-state index contributed by atoms with van der Waals surface area (Å²) in [5.41, 5.74) is 0. The van der Waals surface area contributed by atoms with E-state index in [9.17, 15) is 9.59 Å². The molecular weight excluding hydrogens is 256 g/mol. The molecule has 114 valence electrons. The van der Waals surface area contributed by atoms with Crippen molar-refractivity contribution in [3.8, 4) is 0 Å². The third kappa shape index (κ3) is 3.07. The minimum absolute atomic E-state index is 0.0304. The first-order chi connectivity index (χ1) is 9.40. The Labute approximate surface area is 120 Å². The number of carbonyl (C=O) groups is 2. The summed E-state index contributed by atoms with van der Waals surface area (Å²) in [6.45, 7) is 8.94. The van der Waals surface area contributed by atoms with Gasteiger partial charge in [-0.2, -0.15) is 0 Å². The molecule has 2 heterocycles. The van der Waals surface area contributed by atoms with Crippen LogP contribution in [0.3, 0.4) is 0 Å². The maximum atomic E-state index is 12.4. The first-order valence-electron chi connectivity index (χ1n) is 7.66. The number of carboxylic acid groups (broad SMARTS) is 1. The number of piperidine rings is 1. The Bertz CT molecular complexity index is 375. The molecule has 0 saturated carbocycles. The van der Waals surface area contributed by atoms with Gasteiger partial charge in [0.05, 0.1) is 5.92 Å². The third-order valence-corrected chi connectivity index (χ3v) is 4.95. The van der Waals surface area contributed by atoms with E-state index in [1.54, 1.807) is 4.90 Å². The van der Waals surface area contributed by atoms with Crippen LogP contribution in [0.4, 0.5) is 4.79 Å². The Kier molecular flexibility index (Phi) is 4.55. The molecule has 5 heteroatoms. The lowest BCUT2D eigenvalue weighted by molar-refractivity contribution is -0.142. The second-order valence-electron chi connectivity index (χ2n) is 6.68. The van der Waals surface area contributed by atoms with Gasteiger partial charge in [-0.3, -0.25) is 4.79 Å². The molecule has 0 aliphatic carbocycles. The van der Waals surface area contributed by atoms with Gasteiger partial charge in [0.2, 0.25) is 0 Å². The highest BCUT2D eigenvalue weighted by Crippen LogP contribution is 2.28. The standard InChI is InChI=1S/C15H26N2O3/c1-10(2)12-4-6-16(7-5-12)15(20)17-8-11(3)13(9-17)14(18)19/h10-13H,4-9H2,1-3H3,(H,18,19). The van der Waals surface area contributed by atoms with Crippen LogP contribution in [0, 0.1) is 23.7 Å². The highest BCUT2D eigenvalue weighted by atomic mass is 16.4. The zero-order valence-electron chi connectivity index (χ0n) is 12.7. The lowest BCUT2D eigenvalue weighted by Crippen LogP contribution is -2.46. The van der Waals surface area contributed by atoms with Crippen molar-refractivity contribution in [2.45, 2.75) is 33.6 Å². The summed E-state index contributed by atoms with van der Waals surface area (Å²) in [4.78, 5) is 27.2. The minimum Gasteiger partial charge on any atom is -0.481 e. The van der Waals surface area contributed by atoms with Crippen molar-refractivity contribution >= 4 is 12.0 Å². The molecule has 0 aromatic heterocycles. The van der Waals surface area contributed by atoms with Crippen molar-refractivity contribution in [2.75, 3.05) is 26.2 Å². The number of likely N-dealkylation sites (tertiary alicyclic amines) is 2. The molecule has 0 bridgehead atoms. The molecule has 2 unspecified atom stereocenters. The van der Waals surface area contributed by atoms with Crippen LogP contribution in [0.15, 0.2) is 0 Å². The van der Waals surface area contributed by atoms with Gasteiger partial charge >= 0.3 is 12.0 Å². The third-order valence-electron chi connectivity index (χ3n) is 4.95. The maximum Gasteiger partial charge on any atom is 0.320 e. The lowest BCUT2D eigenvalue weighted by atomic mass is 9.87. The van der Waals surface area contributed by atoms with Gasteiger partial charge in [0.1, 0.15) is 0 Å². The number of hydrogen-bond donors (Lipinski definition) is 1. The maximum absolute atomic E-state index is 12.4. The summed E-state index contributed by atoms with van der Waals surface area (Å²) in [7, 11) is 0. The number of carbonyl (C=O) groups excluding carboxylic acids is 1. The fourth-order valence-electron chi connectivity index (χ4n) is 3.40. The summed E-state index contributed by atoms with van der Waals surface area (Å²) in [5, 5.41) is 9.14. The van der Waals surface area contributed by atoms with Crippen molar-refractivity contribution < 1.29 is 14.7 Å². The Balaban J connectivity index is 1.89. The number of carboxylic acids is 1. The number of aliphatic carboxylic acids is 1. The Morgan fingerprint density at radius 2 is 1.70 bits per heavy atom. The zero-order chi connectivity index (χ0) is 14.9. The number of hydrogen-bond acceptors (Lipinski definition) is 2. The summed E-state index contributed by atoms with van der Waals surface area (Å²) in [5.74, 6) is 0.238. The molecule has 2 amide bonds. The average molecular weight is 282 g/mol. The van der Waals surface area contributed by atoms with Crippen LogP contribution in [0.25, 0.3) is 0 Å². The van der Waals surface area contributed by atoms with Crippen LogP contribution >= 0.6 is 0 Å². The lowest BCUT2D eigenvalue weighted by Gasteiger charge is -2.36. The number of rotatable bonds is 2. The number of urea groups is 1. The van der Waals surface area contributed by atoms with Crippen LogP contribution in [0.5, 0.6) is 0 Å². The Morgan fingerprint density at radius 3 is 2.15 bits per heavy atom. The molecule has 0 aromatic rings. The van der Waals surface area contributed by atoms with Gasteiger partial charge in [0.25, 0.3) is 0 Å². The molecule has 1 N–H and O–H groups in total. The Morgan fingerprint density at radius 1 is 1.10 bits per heavy atom. The molecule has 0 aromatic carbocycles. The highest BCUT2D eigenvalue weighted by Gasteiger charge is 2.39. The van der Waals surface area contributed by atoms with Gasteiger partial charge in [0, 0.05) is 26.2 Å². The average Bonchev–Trinajstić information content (AvgIpc) is 2.80. The largest absolute Gasteiger partial charge is 0.481 e. The van der Waals surface area contributed by atoms with E-state index in [4.69, 9.17) is 5.11 Å². The van der Waals surface area contributed by atoms with E-state index in [0.717, 1.165) is 25.9 Å². The normalized spacial score (nSPS) is 28.2. The summed E-state index contributed by atoms with van der Waals surface area (Å²) in [6.07, 6.45) is 2.13. The monoisotopic (exact) mass is 282 g/mol. The van der Waals surface area contributed by atoms with Crippen molar-refractivity contribution in [3.63, 3.8) is 0 Å². The predicted molar refractivity (Wildman–Crippen MR) is 76.4 cm³/mol. The van der Waals surface area contributed by atoms with Gasteiger partial charge in [-0.15, -0.1) is 0 Å². The molecule has 0 spiro atoms. The van der Waals surface area contributed by atoms with Gasteiger partial charge in [0.15, 0.2) is 0 Å². The summed E-state index contributed by atoms with van der Waals surface area (Å²) in [6, 6.07) is 0.0304. The molecule has 2 aliphatic rings. The minimum atomic E-state index is -0.786. The van der Waals surface area contributed by atoms with Gasteiger partial charge < -0.3 is 14.9 Å². The SMILES string of the molecule is CC(C)C1CCN(C(=O)N2CC(C)C(C(=O)O)C2)CC1. The quantitative estimate of drug-likeness (QED) is 0.844. The van der Waals surface area contributed by atoms with Gasteiger partial charge in [-0.1, -0.05) is 20.8 Å². The summed E-state index contributed by atoms with van der Waals surface area (Å²) >= 11 is 0. The van der Waals surface area contributed by atoms with Crippen molar-refractivity contribution in [1.29, 1.82) is 0 Å². The van der Waals surface area contributed by atoms with E-state index >= 15 is 0 Å². The van der Waals surface area contributed by atoms with E-state index in [-0.39, 0.29) is 11.9 Å². The second kappa shape index (κ2) is 6.02. The van der Waals surface area contributed by atoms with E-state index in [0.29, 0.717) is 24.9 Å². The molecule has 5 nitrogen and oxygen atoms in total. The first kappa shape index (κ1) is 15.1. The molecule has 2 rings (SSSR count). The van der Waals surface area contributed by atoms with Crippen LogP contribution in [-0.4, -0.2) is 53.1 Å². The van der Waals surface area contributed by atoms with Crippen LogP contribution in [0.1, 0.15) is 33.6 Å². The van der Waals surface area contributed by atoms with Gasteiger partial charge in [-0.05, 0) is 30.6 Å². The summed E-state index contributed by atoms with van der Waals surface area (Å²) < 4.78 is 0. The smallest absolute Gasteiger partial charge is 0.320 e. The van der Waals surface area contributed by atoms with Gasteiger partial charge in [-0.25, -0.2) is 4.79 Å². The molecule has 2 aliphatic heterocycles. The second-order valence-corrected chi connectivity index (χ2v) is 6.68. The fourth-order valence-corrected chi connectivity index (χ4v) is 3.40. The molecule has 2 saturated heterocycles.